The highest BCUT2D eigenvalue weighted by Gasteiger charge is 2.42. The lowest BCUT2D eigenvalue weighted by Crippen LogP contribution is -2.62. The second kappa shape index (κ2) is 7.88. The fraction of sp³-hybridized carbons (Fsp3) is 0.688. The van der Waals surface area contributed by atoms with Gasteiger partial charge in [-0.05, 0) is 31.1 Å². The number of unbranched alkanes of at least 4 members (excludes halogenated alkanes) is 1. The van der Waals surface area contributed by atoms with Crippen LogP contribution in [0, 0.1) is 0 Å². The first-order chi connectivity index (χ1) is 11.0. The van der Waals surface area contributed by atoms with Gasteiger partial charge in [0, 0.05) is 33.2 Å². The van der Waals surface area contributed by atoms with Gasteiger partial charge in [0.25, 0.3) is 5.91 Å². The van der Waals surface area contributed by atoms with Crippen LogP contribution in [0.5, 0.6) is 0 Å². The van der Waals surface area contributed by atoms with Crippen LogP contribution in [0.25, 0.3) is 0 Å². The van der Waals surface area contributed by atoms with E-state index in [4.69, 9.17) is 12.2 Å². The zero-order chi connectivity index (χ0) is 17.0. The molecule has 7 heteroatoms. The molecular formula is C16H26N4O2S. The molecule has 1 fully saturated rings. The van der Waals surface area contributed by atoms with Crippen LogP contribution in [0.4, 0.5) is 0 Å². The van der Waals surface area contributed by atoms with Crippen LogP contribution < -0.4 is 5.32 Å². The molecule has 128 valence electrons. The Balaban J connectivity index is 2.19. The Morgan fingerprint density at radius 1 is 1.43 bits per heavy atom. The molecule has 0 aromatic rings. The molecule has 6 nitrogen and oxygen atoms in total. The topological polar surface area (TPSA) is 55.9 Å². The first-order valence-corrected chi connectivity index (χ1v) is 8.67. The van der Waals surface area contributed by atoms with E-state index in [1.807, 2.05) is 17.9 Å². The average molecular weight is 338 g/mol. The number of nitrogens with one attached hydrogen (secondary N) is 1. The lowest BCUT2D eigenvalue weighted by Gasteiger charge is -2.41. The van der Waals surface area contributed by atoms with Crippen molar-refractivity contribution < 1.29 is 9.59 Å². The lowest BCUT2D eigenvalue weighted by atomic mass is 10.0. The quantitative estimate of drug-likeness (QED) is 0.587. The standard InChI is InChI=1S/C16H26N4O2S/c1-4-6-9-19(5-2)16(23)20-11-13(21)18(3)14(15(20)22)12-7-8-17-10-12/h7,14,17H,4-6,8-11H2,1-3H3. The minimum absolute atomic E-state index is 0.0357. The molecule has 1 unspecified atom stereocenters. The van der Waals surface area contributed by atoms with Gasteiger partial charge in [0.1, 0.15) is 12.6 Å². The minimum atomic E-state index is -0.533. The predicted molar refractivity (Wildman–Crippen MR) is 94.0 cm³/mol. The largest absolute Gasteiger partial charge is 0.349 e. The van der Waals surface area contributed by atoms with E-state index in [1.165, 1.54) is 4.90 Å². The normalized spacial score (nSPS) is 21.7. The predicted octanol–water partition coefficient (Wildman–Crippen LogP) is 0.592. The van der Waals surface area contributed by atoms with Crippen LogP contribution in [0.2, 0.25) is 0 Å². The Morgan fingerprint density at radius 3 is 2.74 bits per heavy atom. The average Bonchev–Trinajstić information content (AvgIpc) is 3.05. The number of hydrogen-bond donors (Lipinski definition) is 1. The summed E-state index contributed by atoms with van der Waals surface area (Å²) in [6.07, 6.45) is 4.08. The van der Waals surface area contributed by atoms with E-state index >= 15 is 0 Å². The molecule has 0 saturated carbocycles. The van der Waals surface area contributed by atoms with Crippen LogP contribution in [0.15, 0.2) is 11.6 Å². The van der Waals surface area contributed by atoms with Crippen molar-refractivity contribution in [1.82, 2.24) is 20.0 Å². The number of likely N-dealkylation sites (N-methyl/N-ethyl adjacent to an activating group) is 1. The highest BCUT2D eigenvalue weighted by molar-refractivity contribution is 7.80. The second-order valence-electron chi connectivity index (χ2n) is 5.96. The molecule has 23 heavy (non-hydrogen) atoms. The molecule has 0 aromatic carbocycles. The van der Waals surface area contributed by atoms with E-state index in [-0.39, 0.29) is 18.4 Å². The first kappa shape index (κ1) is 17.9. The van der Waals surface area contributed by atoms with Crippen molar-refractivity contribution in [2.45, 2.75) is 32.7 Å². The molecule has 1 atom stereocenters. The van der Waals surface area contributed by atoms with E-state index < -0.39 is 6.04 Å². The highest BCUT2D eigenvalue weighted by atomic mass is 32.1. The molecule has 0 aliphatic carbocycles. The van der Waals surface area contributed by atoms with Gasteiger partial charge < -0.3 is 15.1 Å². The maximum absolute atomic E-state index is 13.0. The number of amides is 2. The van der Waals surface area contributed by atoms with Crippen LogP contribution in [0.1, 0.15) is 26.7 Å². The smallest absolute Gasteiger partial charge is 0.256 e. The number of carbonyl (C=O) groups is 2. The van der Waals surface area contributed by atoms with Gasteiger partial charge in [0.15, 0.2) is 5.11 Å². The first-order valence-electron chi connectivity index (χ1n) is 8.26. The van der Waals surface area contributed by atoms with E-state index in [0.29, 0.717) is 11.7 Å². The molecule has 0 radical (unpaired) electrons. The summed E-state index contributed by atoms with van der Waals surface area (Å²) in [6.45, 7) is 7.11. The minimum Gasteiger partial charge on any atom is -0.349 e. The molecule has 2 aliphatic heterocycles. The van der Waals surface area contributed by atoms with Crippen molar-refractivity contribution in [2.75, 3.05) is 39.8 Å². The Kier molecular flexibility index (Phi) is 6.12. The van der Waals surface area contributed by atoms with Crippen molar-refractivity contribution >= 4 is 29.1 Å². The van der Waals surface area contributed by atoms with Gasteiger partial charge in [0.2, 0.25) is 5.91 Å². The SMILES string of the molecule is CCCCN(CC)C(=S)N1CC(=O)N(C)C(C2=CCNC2)C1=O. The molecular weight excluding hydrogens is 312 g/mol. The van der Waals surface area contributed by atoms with Crippen LogP contribution in [-0.4, -0.2) is 77.4 Å². The monoisotopic (exact) mass is 338 g/mol. The summed E-state index contributed by atoms with van der Waals surface area (Å²) in [7, 11) is 1.69. The van der Waals surface area contributed by atoms with Gasteiger partial charge in [0.05, 0.1) is 0 Å². The number of nitrogens with zero attached hydrogens (tertiary/aromatic N) is 3. The molecule has 0 spiro atoms. The molecule has 2 rings (SSSR count). The number of thiocarbonyl (C=S) groups is 1. The van der Waals surface area contributed by atoms with Gasteiger partial charge >= 0.3 is 0 Å². The summed E-state index contributed by atoms with van der Waals surface area (Å²) >= 11 is 5.53. The Morgan fingerprint density at radius 2 is 2.17 bits per heavy atom. The van der Waals surface area contributed by atoms with Gasteiger partial charge in [-0.2, -0.15) is 0 Å². The summed E-state index contributed by atoms with van der Waals surface area (Å²) in [5.74, 6) is -0.168. The summed E-state index contributed by atoms with van der Waals surface area (Å²) in [6, 6.07) is -0.533. The molecule has 1 N–H and O–H groups in total. The maximum Gasteiger partial charge on any atom is 0.256 e. The third kappa shape index (κ3) is 3.72. The highest BCUT2D eigenvalue weighted by Crippen LogP contribution is 2.21. The van der Waals surface area contributed by atoms with Crippen molar-refractivity contribution in [2.24, 2.45) is 0 Å². The zero-order valence-electron chi connectivity index (χ0n) is 14.2. The van der Waals surface area contributed by atoms with Gasteiger partial charge in [-0.25, -0.2) is 0 Å². The fourth-order valence-electron chi connectivity index (χ4n) is 2.96. The maximum atomic E-state index is 13.0. The summed E-state index contributed by atoms with van der Waals surface area (Å²) < 4.78 is 0. The molecule has 2 heterocycles. The van der Waals surface area contributed by atoms with E-state index in [9.17, 15) is 9.59 Å². The molecule has 1 saturated heterocycles. The van der Waals surface area contributed by atoms with Gasteiger partial charge in [-0.15, -0.1) is 0 Å². The third-order valence-corrected chi connectivity index (χ3v) is 4.91. The van der Waals surface area contributed by atoms with E-state index in [2.05, 4.69) is 12.2 Å². The summed E-state index contributed by atoms with van der Waals surface area (Å²) in [4.78, 5) is 30.3. The van der Waals surface area contributed by atoms with E-state index in [1.54, 1.807) is 11.9 Å². The number of hydrogen-bond acceptors (Lipinski definition) is 4. The van der Waals surface area contributed by atoms with E-state index in [0.717, 1.165) is 38.0 Å². The zero-order valence-corrected chi connectivity index (χ0v) is 15.0. The van der Waals surface area contributed by atoms with Crippen LogP contribution in [0.3, 0.4) is 0 Å². The Labute approximate surface area is 143 Å². The third-order valence-electron chi connectivity index (χ3n) is 4.43. The second-order valence-corrected chi connectivity index (χ2v) is 6.32. The molecule has 0 aromatic heterocycles. The number of rotatable bonds is 5. The van der Waals surface area contributed by atoms with Crippen molar-refractivity contribution in [3.05, 3.63) is 11.6 Å². The lowest BCUT2D eigenvalue weighted by molar-refractivity contribution is -0.149. The van der Waals surface area contributed by atoms with Crippen molar-refractivity contribution in [3.63, 3.8) is 0 Å². The summed E-state index contributed by atoms with van der Waals surface area (Å²) in [5.41, 5.74) is 0.954. The van der Waals surface area contributed by atoms with Crippen LogP contribution >= 0.6 is 12.2 Å². The van der Waals surface area contributed by atoms with Crippen LogP contribution in [-0.2, 0) is 9.59 Å². The van der Waals surface area contributed by atoms with Gasteiger partial charge in [-0.3, -0.25) is 14.5 Å². The van der Waals surface area contributed by atoms with Gasteiger partial charge in [-0.1, -0.05) is 19.4 Å². The number of piperazine rings is 1. The summed E-state index contributed by atoms with van der Waals surface area (Å²) in [5, 5.41) is 3.66. The fourth-order valence-corrected chi connectivity index (χ4v) is 3.34. The van der Waals surface area contributed by atoms with Crippen molar-refractivity contribution in [3.8, 4) is 0 Å². The Bertz CT molecular complexity index is 520. The molecule has 2 aliphatic rings. The number of carbonyl (C=O) groups excluding carboxylic acids is 2. The molecule has 0 bridgehead atoms. The molecule has 2 amide bonds. The Hall–Kier alpha value is -1.47. The van der Waals surface area contributed by atoms with Crippen molar-refractivity contribution in [1.29, 1.82) is 0 Å².